The summed E-state index contributed by atoms with van der Waals surface area (Å²) >= 11 is 0. The number of carbonyl (C=O) groups excluding carboxylic acids is 1. The van der Waals surface area contributed by atoms with Crippen molar-refractivity contribution in [2.75, 3.05) is 18.8 Å². The summed E-state index contributed by atoms with van der Waals surface area (Å²) < 4.78 is 25.5. The Hall–Kier alpha value is -1.40. The van der Waals surface area contributed by atoms with E-state index in [4.69, 9.17) is 0 Å². The van der Waals surface area contributed by atoms with Gasteiger partial charge in [0.1, 0.15) is 0 Å². The highest BCUT2D eigenvalue weighted by Gasteiger charge is 2.32. The van der Waals surface area contributed by atoms with Crippen LogP contribution in [0.1, 0.15) is 44.7 Å². The molecule has 1 amide bonds. The number of nitrogens with zero attached hydrogens (tertiary/aromatic N) is 1. The third-order valence-electron chi connectivity index (χ3n) is 4.44. The smallest absolute Gasteiger partial charge is 0.224 e. The minimum Gasteiger partial charge on any atom is -0.349 e. The van der Waals surface area contributed by atoms with Gasteiger partial charge in [-0.05, 0) is 31.7 Å². The lowest BCUT2D eigenvalue weighted by Gasteiger charge is -2.32. The Morgan fingerprint density at radius 1 is 1.30 bits per heavy atom. The highest BCUT2D eigenvalue weighted by molar-refractivity contribution is 7.89. The van der Waals surface area contributed by atoms with Crippen molar-refractivity contribution < 1.29 is 13.2 Å². The van der Waals surface area contributed by atoms with Crippen LogP contribution in [0.5, 0.6) is 0 Å². The van der Waals surface area contributed by atoms with Gasteiger partial charge in [0.2, 0.25) is 15.9 Å². The van der Waals surface area contributed by atoms with Crippen molar-refractivity contribution >= 4 is 15.9 Å². The van der Waals surface area contributed by atoms with Gasteiger partial charge in [-0.15, -0.1) is 0 Å². The fraction of sp³-hybridized carbons (Fsp3) is 0.588. The van der Waals surface area contributed by atoms with E-state index in [9.17, 15) is 13.2 Å². The largest absolute Gasteiger partial charge is 0.349 e. The molecule has 0 spiro atoms. The number of hydrogen-bond acceptors (Lipinski definition) is 3. The maximum atomic E-state index is 12.6. The fourth-order valence-electron chi connectivity index (χ4n) is 2.99. The molecule has 1 aromatic carbocycles. The third-order valence-corrected chi connectivity index (χ3v) is 6.29. The van der Waals surface area contributed by atoms with Crippen LogP contribution in [0, 0.1) is 5.92 Å². The molecule has 2 atom stereocenters. The average Bonchev–Trinajstić information content (AvgIpc) is 2.60. The lowest BCUT2D eigenvalue weighted by Crippen LogP contribution is -2.46. The molecule has 1 fully saturated rings. The zero-order chi connectivity index (χ0) is 16.9. The van der Waals surface area contributed by atoms with Gasteiger partial charge < -0.3 is 5.32 Å². The minimum absolute atomic E-state index is 0.0261. The Bertz CT molecular complexity index is 616. The first kappa shape index (κ1) is 17.9. The molecule has 0 bridgehead atoms. The van der Waals surface area contributed by atoms with Gasteiger partial charge in [0, 0.05) is 13.1 Å². The van der Waals surface area contributed by atoms with Crippen LogP contribution in [0.2, 0.25) is 0 Å². The molecule has 2 rings (SSSR count). The molecule has 1 N–H and O–H groups in total. The van der Waals surface area contributed by atoms with E-state index in [0.29, 0.717) is 13.1 Å². The molecule has 1 aliphatic heterocycles. The first-order valence-electron chi connectivity index (χ1n) is 8.31. The molecule has 0 saturated carbocycles. The highest BCUT2D eigenvalue weighted by atomic mass is 32.2. The standard InChI is InChI=1S/C17H26N2O3S/c1-3-16(14-9-6-5-7-10-14)18-17(20)15-11-8-12-19(13-15)23(21,22)4-2/h5-7,9-10,15-16H,3-4,8,11-13H2,1-2H3,(H,18,20)/t15-,16+/m1/s1. The number of benzene rings is 1. The molecule has 23 heavy (non-hydrogen) atoms. The van der Waals surface area contributed by atoms with Crippen LogP contribution >= 0.6 is 0 Å². The molecule has 6 heteroatoms. The summed E-state index contributed by atoms with van der Waals surface area (Å²) in [5.41, 5.74) is 1.08. The Labute approximate surface area is 139 Å². The van der Waals surface area contributed by atoms with Gasteiger partial charge in [0.05, 0.1) is 17.7 Å². The normalized spacial score (nSPS) is 20.9. The Kier molecular flexibility index (Phi) is 6.18. The molecule has 128 valence electrons. The number of amides is 1. The van der Waals surface area contributed by atoms with Crippen molar-refractivity contribution in [3.63, 3.8) is 0 Å². The summed E-state index contributed by atoms with van der Waals surface area (Å²) in [5.74, 6) is -0.220. The summed E-state index contributed by atoms with van der Waals surface area (Å²) in [6, 6.07) is 9.85. The predicted molar refractivity (Wildman–Crippen MR) is 91.4 cm³/mol. The molecule has 0 aromatic heterocycles. The lowest BCUT2D eigenvalue weighted by molar-refractivity contribution is -0.126. The molecule has 5 nitrogen and oxygen atoms in total. The van der Waals surface area contributed by atoms with E-state index in [1.165, 1.54) is 4.31 Å². The van der Waals surface area contributed by atoms with Crippen LogP contribution in [0.3, 0.4) is 0 Å². The number of piperidine rings is 1. The summed E-state index contributed by atoms with van der Waals surface area (Å²) in [6.07, 6.45) is 2.28. The number of rotatable bonds is 6. The topological polar surface area (TPSA) is 66.5 Å². The second kappa shape index (κ2) is 7.93. The Balaban J connectivity index is 2.02. The number of sulfonamides is 1. The quantitative estimate of drug-likeness (QED) is 0.865. The molecule has 0 unspecified atom stereocenters. The van der Waals surface area contributed by atoms with Crippen LogP contribution in [0.25, 0.3) is 0 Å². The summed E-state index contributed by atoms with van der Waals surface area (Å²) in [5, 5.41) is 3.08. The summed E-state index contributed by atoms with van der Waals surface area (Å²) in [6.45, 7) is 4.50. The number of carbonyl (C=O) groups is 1. The molecular weight excluding hydrogens is 312 g/mol. The fourth-order valence-corrected chi connectivity index (χ4v) is 4.17. The number of hydrogen-bond donors (Lipinski definition) is 1. The highest BCUT2D eigenvalue weighted by Crippen LogP contribution is 2.22. The van der Waals surface area contributed by atoms with E-state index in [0.717, 1.165) is 24.8 Å². The first-order valence-corrected chi connectivity index (χ1v) is 9.92. The van der Waals surface area contributed by atoms with Gasteiger partial charge in [-0.25, -0.2) is 12.7 Å². The van der Waals surface area contributed by atoms with Gasteiger partial charge in [-0.1, -0.05) is 37.3 Å². The number of nitrogens with one attached hydrogen (secondary N) is 1. The van der Waals surface area contributed by atoms with Crippen LogP contribution in [-0.2, 0) is 14.8 Å². The van der Waals surface area contributed by atoms with Gasteiger partial charge in [-0.3, -0.25) is 4.79 Å². The Morgan fingerprint density at radius 3 is 2.61 bits per heavy atom. The SMILES string of the molecule is CC[C@H](NC(=O)[C@@H]1CCCN(S(=O)(=O)CC)C1)c1ccccc1. The van der Waals surface area contributed by atoms with Gasteiger partial charge in [-0.2, -0.15) is 0 Å². The molecule has 1 aromatic rings. The van der Waals surface area contributed by atoms with Gasteiger partial charge in [0.15, 0.2) is 0 Å². The van der Waals surface area contributed by atoms with Crippen LogP contribution in [-0.4, -0.2) is 37.5 Å². The molecule has 0 aliphatic carbocycles. The zero-order valence-electron chi connectivity index (χ0n) is 13.9. The third kappa shape index (κ3) is 4.54. The van der Waals surface area contributed by atoms with Gasteiger partial charge in [0.25, 0.3) is 0 Å². The van der Waals surface area contributed by atoms with Crippen LogP contribution < -0.4 is 5.32 Å². The molecular formula is C17H26N2O3S. The average molecular weight is 338 g/mol. The van der Waals surface area contributed by atoms with Gasteiger partial charge >= 0.3 is 0 Å². The van der Waals surface area contributed by atoms with E-state index in [1.54, 1.807) is 6.92 Å². The molecule has 1 saturated heterocycles. The van der Waals surface area contributed by atoms with Crippen molar-refractivity contribution in [3.05, 3.63) is 35.9 Å². The second-order valence-corrected chi connectivity index (χ2v) is 8.24. The van der Waals surface area contributed by atoms with E-state index in [2.05, 4.69) is 5.32 Å². The van der Waals surface area contributed by atoms with Crippen molar-refractivity contribution in [2.45, 2.75) is 39.2 Å². The first-order chi connectivity index (χ1) is 11.0. The summed E-state index contributed by atoms with van der Waals surface area (Å²) in [7, 11) is -3.22. The monoisotopic (exact) mass is 338 g/mol. The predicted octanol–water partition coefficient (Wildman–Crippen LogP) is 2.32. The summed E-state index contributed by atoms with van der Waals surface area (Å²) in [4.78, 5) is 12.6. The molecule has 0 radical (unpaired) electrons. The Morgan fingerprint density at radius 2 is 2.00 bits per heavy atom. The van der Waals surface area contributed by atoms with Crippen molar-refractivity contribution in [3.8, 4) is 0 Å². The zero-order valence-corrected chi connectivity index (χ0v) is 14.7. The second-order valence-electron chi connectivity index (χ2n) is 5.98. The van der Waals surface area contributed by atoms with Crippen LogP contribution in [0.4, 0.5) is 0 Å². The molecule has 1 aliphatic rings. The van der Waals surface area contributed by atoms with Crippen molar-refractivity contribution in [1.82, 2.24) is 9.62 Å². The maximum absolute atomic E-state index is 12.6. The minimum atomic E-state index is -3.22. The van der Waals surface area contributed by atoms with E-state index < -0.39 is 10.0 Å². The molecule has 1 heterocycles. The lowest BCUT2D eigenvalue weighted by atomic mass is 9.97. The van der Waals surface area contributed by atoms with Crippen molar-refractivity contribution in [1.29, 1.82) is 0 Å². The van der Waals surface area contributed by atoms with E-state index in [1.807, 2.05) is 37.3 Å². The van der Waals surface area contributed by atoms with E-state index in [-0.39, 0.29) is 23.6 Å². The van der Waals surface area contributed by atoms with Crippen molar-refractivity contribution in [2.24, 2.45) is 5.92 Å². The van der Waals surface area contributed by atoms with E-state index >= 15 is 0 Å². The van der Waals surface area contributed by atoms with Crippen LogP contribution in [0.15, 0.2) is 30.3 Å². The maximum Gasteiger partial charge on any atom is 0.224 e.